The van der Waals surface area contributed by atoms with Crippen LogP contribution in [0.1, 0.15) is 37.7 Å². The largest absolute Gasteiger partial charge is 0.354 e. The molecule has 0 unspecified atom stereocenters. The Bertz CT molecular complexity index is 694. The second-order valence-electron chi connectivity index (χ2n) is 6.54. The highest BCUT2D eigenvalue weighted by Crippen LogP contribution is 2.15. The molecular weight excluding hydrogens is 326 g/mol. The quantitative estimate of drug-likeness (QED) is 0.816. The van der Waals surface area contributed by atoms with Crippen molar-refractivity contribution in [1.29, 1.82) is 0 Å². The smallest absolute Gasteiger partial charge is 0.243 e. The van der Waals surface area contributed by atoms with Crippen LogP contribution in [-0.2, 0) is 19.4 Å². The van der Waals surface area contributed by atoms with Gasteiger partial charge in [0.1, 0.15) is 5.82 Å². The molecule has 1 saturated heterocycles. The van der Waals surface area contributed by atoms with Gasteiger partial charge in [-0.1, -0.05) is 26.8 Å². The zero-order chi connectivity index (χ0) is 18.4. The monoisotopic (exact) mass is 355 g/mol. The van der Waals surface area contributed by atoms with Gasteiger partial charge in [0, 0.05) is 38.9 Å². The van der Waals surface area contributed by atoms with Crippen LogP contribution in [0.15, 0.2) is 18.3 Å². The molecule has 140 valence electrons. The van der Waals surface area contributed by atoms with E-state index in [0.717, 1.165) is 68.3 Å². The van der Waals surface area contributed by atoms with Gasteiger partial charge in [-0.05, 0) is 31.0 Å². The molecule has 1 aliphatic rings. The van der Waals surface area contributed by atoms with Gasteiger partial charge in [0.25, 0.3) is 0 Å². The SMILES string of the molecule is CCc1nnc(NCc2ccc(N3CCN(CC)CC3)nc2)nc1CC. The molecule has 1 N–H and O–H groups in total. The summed E-state index contributed by atoms with van der Waals surface area (Å²) in [5.74, 6) is 1.64. The van der Waals surface area contributed by atoms with Crippen LogP contribution in [0.25, 0.3) is 0 Å². The Morgan fingerprint density at radius 2 is 1.73 bits per heavy atom. The summed E-state index contributed by atoms with van der Waals surface area (Å²) in [5, 5.41) is 11.7. The highest BCUT2D eigenvalue weighted by molar-refractivity contribution is 5.40. The lowest BCUT2D eigenvalue weighted by Crippen LogP contribution is -2.46. The fourth-order valence-electron chi connectivity index (χ4n) is 3.20. The number of hydrogen-bond acceptors (Lipinski definition) is 7. The van der Waals surface area contributed by atoms with Crippen LogP contribution in [0.3, 0.4) is 0 Å². The van der Waals surface area contributed by atoms with E-state index in [1.54, 1.807) is 0 Å². The van der Waals surface area contributed by atoms with Crippen LogP contribution < -0.4 is 10.2 Å². The number of piperazine rings is 1. The molecule has 7 heteroatoms. The van der Waals surface area contributed by atoms with E-state index in [1.165, 1.54) is 0 Å². The third-order valence-electron chi connectivity index (χ3n) is 4.91. The van der Waals surface area contributed by atoms with Crippen molar-refractivity contribution in [3.63, 3.8) is 0 Å². The van der Waals surface area contributed by atoms with Crippen molar-refractivity contribution in [2.45, 2.75) is 40.2 Å². The molecule has 0 amide bonds. The third-order valence-corrected chi connectivity index (χ3v) is 4.91. The lowest BCUT2D eigenvalue weighted by molar-refractivity contribution is 0.270. The van der Waals surface area contributed by atoms with E-state index in [0.29, 0.717) is 12.5 Å². The van der Waals surface area contributed by atoms with Crippen LogP contribution in [-0.4, -0.2) is 57.8 Å². The molecular formula is C19H29N7. The molecule has 0 aliphatic carbocycles. The predicted octanol–water partition coefficient (Wildman–Crippen LogP) is 2.15. The number of aryl methyl sites for hydroxylation is 2. The molecule has 2 aromatic rings. The van der Waals surface area contributed by atoms with E-state index in [9.17, 15) is 0 Å². The van der Waals surface area contributed by atoms with Crippen molar-refractivity contribution >= 4 is 11.8 Å². The van der Waals surface area contributed by atoms with Gasteiger partial charge in [0.15, 0.2) is 0 Å². The van der Waals surface area contributed by atoms with Gasteiger partial charge in [-0.3, -0.25) is 0 Å². The average Bonchev–Trinajstić information content (AvgIpc) is 2.72. The number of hydrogen-bond donors (Lipinski definition) is 1. The number of nitrogens with one attached hydrogen (secondary N) is 1. The molecule has 2 aromatic heterocycles. The summed E-state index contributed by atoms with van der Waals surface area (Å²) in [4.78, 5) is 14.0. The Kier molecular flexibility index (Phi) is 6.33. The van der Waals surface area contributed by atoms with E-state index in [-0.39, 0.29) is 0 Å². The van der Waals surface area contributed by atoms with Gasteiger partial charge in [-0.2, -0.15) is 5.10 Å². The second kappa shape index (κ2) is 8.89. The first kappa shape index (κ1) is 18.5. The van der Waals surface area contributed by atoms with Crippen LogP contribution in [0.4, 0.5) is 11.8 Å². The standard InChI is InChI=1S/C19H29N7/c1-4-16-17(5-2)23-24-19(22-16)21-14-15-7-8-18(20-13-15)26-11-9-25(6-3)10-12-26/h7-8,13H,4-6,9-12,14H2,1-3H3,(H,21,22,24). The first-order valence-corrected chi connectivity index (χ1v) is 9.62. The van der Waals surface area contributed by atoms with Crippen molar-refractivity contribution < 1.29 is 0 Å². The Hall–Kier alpha value is -2.28. The fourth-order valence-corrected chi connectivity index (χ4v) is 3.20. The highest BCUT2D eigenvalue weighted by Gasteiger charge is 2.16. The minimum Gasteiger partial charge on any atom is -0.354 e. The lowest BCUT2D eigenvalue weighted by atomic mass is 10.2. The highest BCUT2D eigenvalue weighted by atomic mass is 15.3. The van der Waals surface area contributed by atoms with Crippen LogP contribution in [0, 0.1) is 0 Å². The number of nitrogens with zero attached hydrogens (tertiary/aromatic N) is 6. The zero-order valence-electron chi connectivity index (χ0n) is 16.1. The molecule has 0 atom stereocenters. The second-order valence-corrected chi connectivity index (χ2v) is 6.54. The molecule has 7 nitrogen and oxygen atoms in total. The molecule has 0 saturated carbocycles. The van der Waals surface area contributed by atoms with Gasteiger partial charge < -0.3 is 15.1 Å². The number of pyridine rings is 1. The van der Waals surface area contributed by atoms with Crippen molar-refractivity contribution in [3.8, 4) is 0 Å². The summed E-state index contributed by atoms with van der Waals surface area (Å²) >= 11 is 0. The Morgan fingerprint density at radius 3 is 2.35 bits per heavy atom. The number of aromatic nitrogens is 4. The van der Waals surface area contributed by atoms with Crippen molar-refractivity contribution in [2.24, 2.45) is 0 Å². The maximum absolute atomic E-state index is 4.64. The Balaban J connectivity index is 1.56. The minimum atomic E-state index is 0.582. The topological polar surface area (TPSA) is 70.1 Å². The van der Waals surface area contributed by atoms with Gasteiger partial charge >= 0.3 is 0 Å². The molecule has 3 heterocycles. The van der Waals surface area contributed by atoms with Gasteiger partial charge in [-0.25, -0.2) is 9.97 Å². The summed E-state index contributed by atoms with van der Waals surface area (Å²) in [6, 6.07) is 4.23. The van der Waals surface area contributed by atoms with Crippen molar-refractivity contribution in [1.82, 2.24) is 25.1 Å². The van der Waals surface area contributed by atoms with Gasteiger partial charge in [0.05, 0.1) is 11.4 Å². The molecule has 3 rings (SSSR count). The maximum atomic E-state index is 4.64. The molecule has 0 radical (unpaired) electrons. The van der Waals surface area contributed by atoms with Gasteiger partial charge in [-0.15, -0.1) is 5.10 Å². The lowest BCUT2D eigenvalue weighted by Gasteiger charge is -2.34. The van der Waals surface area contributed by atoms with E-state index in [4.69, 9.17) is 0 Å². The van der Waals surface area contributed by atoms with Gasteiger partial charge in [0.2, 0.25) is 5.95 Å². The average molecular weight is 355 g/mol. The summed E-state index contributed by atoms with van der Waals surface area (Å²) in [5.41, 5.74) is 3.11. The van der Waals surface area contributed by atoms with Crippen molar-refractivity contribution in [2.75, 3.05) is 42.9 Å². The molecule has 26 heavy (non-hydrogen) atoms. The van der Waals surface area contributed by atoms with E-state index in [2.05, 4.69) is 68.2 Å². The van der Waals surface area contributed by atoms with Crippen LogP contribution in [0.5, 0.6) is 0 Å². The first-order valence-electron chi connectivity index (χ1n) is 9.62. The zero-order valence-corrected chi connectivity index (χ0v) is 16.1. The first-order chi connectivity index (χ1) is 12.7. The predicted molar refractivity (Wildman–Crippen MR) is 104 cm³/mol. The summed E-state index contributed by atoms with van der Waals surface area (Å²) in [7, 11) is 0. The maximum Gasteiger partial charge on any atom is 0.243 e. The Morgan fingerprint density at radius 1 is 0.962 bits per heavy atom. The number of rotatable bonds is 7. The number of likely N-dealkylation sites (N-methyl/N-ethyl adjacent to an activating group) is 1. The Labute approximate surface area is 155 Å². The molecule has 0 bridgehead atoms. The normalized spacial score (nSPS) is 15.3. The summed E-state index contributed by atoms with van der Waals surface area (Å²) in [6.45, 7) is 12.5. The summed E-state index contributed by atoms with van der Waals surface area (Å²) in [6.07, 6.45) is 3.67. The molecule has 1 aliphatic heterocycles. The van der Waals surface area contributed by atoms with E-state index < -0.39 is 0 Å². The molecule has 0 spiro atoms. The van der Waals surface area contributed by atoms with E-state index >= 15 is 0 Å². The number of anilines is 2. The molecule has 0 aromatic carbocycles. The molecule has 1 fully saturated rings. The summed E-state index contributed by atoms with van der Waals surface area (Å²) < 4.78 is 0. The van der Waals surface area contributed by atoms with E-state index in [1.807, 2.05) is 6.20 Å². The minimum absolute atomic E-state index is 0.582. The fraction of sp³-hybridized carbons (Fsp3) is 0.579. The third kappa shape index (κ3) is 4.46. The van der Waals surface area contributed by atoms with Crippen LogP contribution >= 0.6 is 0 Å². The van der Waals surface area contributed by atoms with Crippen molar-refractivity contribution in [3.05, 3.63) is 35.3 Å². The van der Waals surface area contributed by atoms with Crippen LogP contribution in [0.2, 0.25) is 0 Å².